The van der Waals surface area contributed by atoms with Crippen LogP contribution in [0.15, 0.2) is 24.3 Å². The Hall–Kier alpha value is -2.14. The van der Waals surface area contributed by atoms with E-state index in [4.69, 9.17) is 16.3 Å². The van der Waals surface area contributed by atoms with E-state index in [1.165, 1.54) is 0 Å². The summed E-state index contributed by atoms with van der Waals surface area (Å²) in [5, 5.41) is 1.45. The topological polar surface area (TPSA) is 59.5 Å². The molecule has 0 aliphatic carbocycles. The Morgan fingerprint density at radius 2 is 1.89 bits per heavy atom. The molecule has 1 aromatic heterocycles. The second kappa shape index (κ2) is 8.08. The van der Waals surface area contributed by atoms with Crippen LogP contribution in [-0.2, 0) is 11.2 Å². The average Bonchev–Trinajstić information content (AvgIpc) is 2.65. The lowest BCUT2D eigenvalue weighted by Gasteiger charge is -2.33. The maximum Gasteiger partial charge on any atom is 0.410 e. The quantitative estimate of drug-likeness (QED) is 0.517. The highest BCUT2D eigenvalue weighted by atomic mass is 35.5. The van der Waals surface area contributed by atoms with Crippen molar-refractivity contribution in [3.05, 3.63) is 40.5 Å². The van der Waals surface area contributed by atoms with Crippen LogP contribution in [0.5, 0.6) is 0 Å². The SMILES string of the molecule is CCc1cc2cc(C(=O)C3CCN(C(=O)OC(C)(C)C)CC3)ccc2nc1Cl. The zero-order valence-corrected chi connectivity index (χ0v) is 17.7. The summed E-state index contributed by atoms with van der Waals surface area (Å²) in [5.41, 5.74) is 1.95. The number of hydrogen-bond donors (Lipinski definition) is 0. The van der Waals surface area contributed by atoms with Crippen LogP contribution in [0.3, 0.4) is 0 Å². The van der Waals surface area contributed by atoms with Gasteiger partial charge in [0.05, 0.1) is 5.52 Å². The third kappa shape index (κ3) is 4.64. The maximum absolute atomic E-state index is 13.0. The second-order valence-electron chi connectivity index (χ2n) is 8.31. The number of benzene rings is 1. The molecule has 2 aromatic rings. The van der Waals surface area contributed by atoms with Gasteiger partial charge in [0, 0.05) is 30.0 Å². The van der Waals surface area contributed by atoms with Gasteiger partial charge in [-0.05, 0) is 69.9 Å². The molecule has 0 spiro atoms. The Balaban J connectivity index is 1.69. The van der Waals surface area contributed by atoms with Crippen molar-refractivity contribution in [2.45, 2.75) is 52.6 Å². The fourth-order valence-electron chi connectivity index (χ4n) is 3.48. The summed E-state index contributed by atoms with van der Waals surface area (Å²) in [5.74, 6) is 0.0424. The van der Waals surface area contributed by atoms with Crippen LogP contribution in [0.2, 0.25) is 5.15 Å². The Bertz CT molecular complexity index is 897. The molecule has 6 heteroatoms. The zero-order valence-electron chi connectivity index (χ0n) is 16.9. The minimum atomic E-state index is -0.511. The van der Waals surface area contributed by atoms with Crippen LogP contribution in [0.4, 0.5) is 4.79 Å². The molecule has 0 unspecified atom stereocenters. The van der Waals surface area contributed by atoms with Crippen molar-refractivity contribution in [1.82, 2.24) is 9.88 Å². The molecule has 0 atom stereocenters. The molecule has 1 amide bonds. The summed E-state index contributed by atoms with van der Waals surface area (Å²) < 4.78 is 5.42. The summed E-state index contributed by atoms with van der Waals surface area (Å²) in [4.78, 5) is 31.3. The first-order valence-electron chi connectivity index (χ1n) is 9.79. The zero-order chi connectivity index (χ0) is 20.5. The number of amides is 1. The molecule has 0 N–H and O–H groups in total. The minimum Gasteiger partial charge on any atom is -0.444 e. The molecule has 0 radical (unpaired) electrons. The van der Waals surface area contributed by atoms with E-state index >= 15 is 0 Å². The molecule has 1 saturated heterocycles. The number of fused-ring (bicyclic) bond motifs is 1. The first-order chi connectivity index (χ1) is 13.2. The standard InChI is InChI=1S/C22H27ClN2O3/c1-5-14-12-17-13-16(6-7-18(17)24-20(14)23)19(26)15-8-10-25(11-9-15)21(27)28-22(2,3)4/h6-7,12-13,15H,5,8-11H2,1-4H3. The Morgan fingerprint density at radius 1 is 1.21 bits per heavy atom. The Labute approximate surface area is 171 Å². The monoisotopic (exact) mass is 402 g/mol. The van der Waals surface area contributed by atoms with E-state index in [0.717, 1.165) is 22.9 Å². The number of pyridine rings is 1. The van der Waals surface area contributed by atoms with Gasteiger partial charge >= 0.3 is 6.09 Å². The molecule has 1 fully saturated rings. The molecule has 2 heterocycles. The van der Waals surface area contributed by atoms with Crippen molar-refractivity contribution in [1.29, 1.82) is 0 Å². The smallest absolute Gasteiger partial charge is 0.410 e. The van der Waals surface area contributed by atoms with Crippen molar-refractivity contribution < 1.29 is 14.3 Å². The number of hydrogen-bond acceptors (Lipinski definition) is 4. The molecule has 1 aromatic carbocycles. The summed E-state index contributed by atoms with van der Waals surface area (Å²) in [6, 6.07) is 7.58. The van der Waals surface area contributed by atoms with Gasteiger partial charge in [0.1, 0.15) is 10.8 Å². The molecular formula is C22H27ClN2O3. The lowest BCUT2D eigenvalue weighted by Crippen LogP contribution is -2.43. The number of aromatic nitrogens is 1. The predicted molar refractivity (Wildman–Crippen MR) is 111 cm³/mol. The number of likely N-dealkylation sites (tertiary alicyclic amines) is 1. The van der Waals surface area contributed by atoms with Gasteiger partial charge in [-0.1, -0.05) is 18.5 Å². The van der Waals surface area contributed by atoms with E-state index in [1.807, 2.05) is 52.0 Å². The van der Waals surface area contributed by atoms with Crippen LogP contribution in [0, 0.1) is 5.92 Å². The number of piperidine rings is 1. The molecular weight excluding hydrogens is 376 g/mol. The molecule has 28 heavy (non-hydrogen) atoms. The molecule has 0 bridgehead atoms. The minimum absolute atomic E-state index is 0.0814. The fourth-order valence-corrected chi connectivity index (χ4v) is 3.76. The first kappa shape index (κ1) is 20.6. The summed E-state index contributed by atoms with van der Waals surface area (Å²) in [7, 11) is 0. The van der Waals surface area contributed by atoms with E-state index in [9.17, 15) is 9.59 Å². The van der Waals surface area contributed by atoms with Crippen molar-refractivity contribution in [2.24, 2.45) is 5.92 Å². The number of ether oxygens (including phenoxy) is 1. The summed E-state index contributed by atoms with van der Waals surface area (Å²) in [6.45, 7) is 8.67. The summed E-state index contributed by atoms with van der Waals surface area (Å²) in [6.07, 6.45) is 1.78. The van der Waals surface area contributed by atoms with E-state index in [2.05, 4.69) is 4.98 Å². The van der Waals surface area contributed by atoms with Crippen LogP contribution < -0.4 is 0 Å². The third-order valence-corrected chi connectivity index (χ3v) is 5.35. The number of halogens is 1. The number of aryl methyl sites for hydroxylation is 1. The Kier molecular flexibility index (Phi) is 5.94. The van der Waals surface area contributed by atoms with Crippen LogP contribution >= 0.6 is 11.6 Å². The molecule has 3 rings (SSSR count). The number of Topliss-reactive ketones (excluding diaryl/α,β-unsaturated/α-hetero) is 1. The molecule has 1 aliphatic heterocycles. The number of ketones is 1. The largest absolute Gasteiger partial charge is 0.444 e. The van der Waals surface area contributed by atoms with E-state index in [-0.39, 0.29) is 17.8 Å². The van der Waals surface area contributed by atoms with Crippen molar-refractivity contribution in [2.75, 3.05) is 13.1 Å². The van der Waals surface area contributed by atoms with Crippen molar-refractivity contribution in [3.63, 3.8) is 0 Å². The van der Waals surface area contributed by atoms with Gasteiger partial charge in [-0.25, -0.2) is 9.78 Å². The summed E-state index contributed by atoms with van der Waals surface area (Å²) >= 11 is 6.19. The van der Waals surface area contributed by atoms with Gasteiger partial charge in [-0.15, -0.1) is 0 Å². The highest BCUT2D eigenvalue weighted by Gasteiger charge is 2.30. The maximum atomic E-state index is 13.0. The fraction of sp³-hybridized carbons (Fsp3) is 0.500. The van der Waals surface area contributed by atoms with E-state index in [1.54, 1.807) is 4.90 Å². The van der Waals surface area contributed by atoms with E-state index in [0.29, 0.717) is 36.6 Å². The highest BCUT2D eigenvalue weighted by molar-refractivity contribution is 6.30. The van der Waals surface area contributed by atoms with E-state index < -0.39 is 5.60 Å². The Morgan fingerprint density at radius 3 is 2.50 bits per heavy atom. The number of carbonyl (C=O) groups is 2. The van der Waals surface area contributed by atoms with Crippen molar-refractivity contribution >= 4 is 34.4 Å². The van der Waals surface area contributed by atoms with Gasteiger partial charge in [0.25, 0.3) is 0 Å². The van der Waals surface area contributed by atoms with Gasteiger partial charge in [-0.3, -0.25) is 4.79 Å². The predicted octanol–water partition coefficient (Wildman–Crippen LogP) is 5.28. The normalized spacial score (nSPS) is 15.7. The lowest BCUT2D eigenvalue weighted by molar-refractivity contribution is 0.0182. The highest BCUT2D eigenvalue weighted by Crippen LogP contribution is 2.26. The first-order valence-corrected chi connectivity index (χ1v) is 10.2. The number of rotatable bonds is 3. The molecule has 1 aliphatic rings. The molecule has 150 valence electrons. The molecule has 0 saturated carbocycles. The second-order valence-corrected chi connectivity index (χ2v) is 8.66. The van der Waals surface area contributed by atoms with Gasteiger partial charge < -0.3 is 9.64 Å². The molecule has 5 nitrogen and oxygen atoms in total. The number of carbonyl (C=O) groups excluding carboxylic acids is 2. The van der Waals surface area contributed by atoms with Crippen molar-refractivity contribution in [3.8, 4) is 0 Å². The third-order valence-electron chi connectivity index (χ3n) is 5.02. The van der Waals surface area contributed by atoms with Gasteiger partial charge in [-0.2, -0.15) is 0 Å². The van der Waals surface area contributed by atoms with Gasteiger partial charge in [0.15, 0.2) is 5.78 Å². The van der Waals surface area contributed by atoms with Crippen LogP contribution in [0.1, 0.15) is 56.5 Å². The van der Waals surface area contributed by atoms with Crippen LogP contribution in [0.25, 0.3) is 10.9 Å². The number of nitrogens with zero attached hydrogens (tertiary/aromatic N) is 2. The van der Waals surface area contributed by atoms with Crippen LogP contribution in [-0.4, -0.2) is 40.5 Å². The average molecular weight is 403 g/mol. The lowest BCUT2D eigenvalue weighted by atomic mass is 9.88. The van der Waals surface area contributed by atoms with Gasteiger partial charge in [0.2, 0.25) is 0 Å².